The van der Waals surface area contributed by atoms with Crippen molar-refractivity contribution in [2.45, 2.75) is 65.7 Å². The Morgan fingerprint density at radius 3 is 2.02 bits per heavy atom. The summed E-state index contributed by atoms with van der Waals surface area (Å²) < 4.78 is 128. The highest BCUT2D eigenvalue weighted by Crippen LogP contribution is 2.56. The predicted molar refractivity (Wildman–Crippen MR) is 136 cm³/mol. The van der Waals surface area contributed by atoms with Crippen LogP contribution < -0.4 is 4.74 Å². The first kappa shape index (κ1) is 32.0. The molecule has 44 heavy (non-hydrogen) atoms. The van der Waals surface area contributed by atoms with Crippen LogP contribution in [0.25, 0.3) is 0 Å². The number of hydrogen-bond donors (Lipinski definition) is 2. The number of carboxylic acid groups (broad SMARTS) is 1. The first-order chi connectivity index (χ1) is 20.4. The highest BCUT2D eigenvalue weighted by atomic mass is 32.2. The summed E-state index contributed by atoms with van der Waals surface area (Å²) in [5.74, 6) is -4.20. The first-order valence-electron chi connectivity index (χ1n) is 13.5. The lowest BCUT2D eigenvalue weighted by molar-refractivity contribution is -0.376. The second kappa shape index (κ2) is 10.6. The van der Waals surface area contributed by atoms with Gasteiger partial charge in [0.1, 0.15) is 22.9 Å². The molecule has 5 rings (SSSR count). The minimum absolute atomic E-state index is 0.178. The van der Waals surface area contributed by atoms with Crippen LogP contribution in [0.4, 0.5) is 30.7 Å². The first-order valence-corrected chi connectivity index (χ1v) is 15.0. The predicted octanol–water partition coefficient (Wildman–Crippen LogP) is 4.69. The van der Waals surface area contributed by atoms with Crippen molar-refractivity contribution in [1.82, 2.24) is 4.90 Å². The van der Waals surface area contributed by atoms with E-state index >= 15 is 0 Å². The molecule has 2 unspecified atom stereocenters. The maximum absolute atomic E-state index is 14.3. The monoisotopic (exact) mass is 653 g/mol. The summed E-state index contributed by atoms with van der Waals surface area (Å²) in [4.78, 5) is 25.9. The number of hydrogen-bond acceptors (Lipinski definition) is 6. The summed E-state index contributed by atoms with van der Waals surface area (Å²) in [5.41, 5.74) is -7.27. The molecule has 1 aliphatic carbocycles. The standard InChI is InChI=1S/C28H26F7NO7S/c29-18-6-8-19(9-7-18)44(41,42)25-11-12-36(23(37)15-1-3-16(4-2-15)24(38)39)22(25)14-43-21-13-17(5-10-20(21)25)26(40,27(30,31)32)28(33,34)35/h5-10,13,15-16,22,40H,1-4,11-12,14H2,(H,38,39). The number of fused-ring (bicyclic) bond motifs is 3. The fourth-order valence-corrected chi connectivity index (χ4v) is 8.93. The average Bonchev–Trinajstić information content (AvgIpc) is 3.37. The number of ether oxygens (including phenoxy) is 1. The quantitative estimate of drug-likeness (QED) is 0.355. The second-order valence-electron chi connectivity index (χ2n) is 11.3. The molecule has 2 aromatic carbocycles. The van der Waals surface area contributed by atoms with E-state index in [4.69, 9.17) is 4.74 Å². The maximum Gasteiger partial charge on any atom is 0.430 e. The summed E-state index contributed by atoms with van der Waals surface area (Å²) in [6.07, 6.45) is -11.9. The molecule has 8 nitrogen and oxygen atoms in total. The Morgan fingerprint density at radius 2 is 1.48 bits per heavy atom. The van der Waals surface area contributed by atoms with E-state index in [2.05, 4.69) is 0 Å². The van der Waals surface area contributed by atoms with Crippen molar-refractivity contribution in [2.24, 2.45) is 11.8 Å². The molecule has 2 heterocycles. The van der Waals surface area contributed by atoms with Crippen molar-refractivity contribution in [2.75, 3.05) is 13.2 Å². The van der Waals surface area contributed by atoms with Gasteiger partial charge in [-0.25, -0.2) is 12.8 Å². The summed E-state index contributed by atoms with van der Waals surface area (Å²) in [5, 5.41) is 19.2. The van der Waals surface area contributed by atoms with Gasteiger partial charge in [0.25, 0.3) is 5.60 Å². The van der Waals surface area contributed by atoms with E-state index in [9.17, 15) is 59.0 Å². The highest BCUT2D eigenvalue weighted by molar-refractivity contribution is 7.92. The summed E-state index contributed by atoms with van der Waals surface area (Å²) in [7, 11) is -4.64. The molecule has 240 valence electrons. The fourth-order valence-electron chi connectivity index (χ4n) is 6.64. The lowest BCUT2D eigenvalue weighted by Gasteiger charge is -2.43. The number of nitrogens with zero attached hydrogens (tertiary/aromatic N) is 1. The van der Waals surface area contributed by atoms with Gasteiger partial charge in [-0.15, -0.1) is 0 Å². The third-order valence-corrected chi connectivity index (χ3v) is 11.6. The molecule has 2 aromatic rings. The minimum Gasteiger partial charge on any atom is -0.491 e. The third-order valence-electron chi connectivity index (χ3n) is 9.02. The molecule has 1 amide bonds. The largest absolute Gasteiger partial charge is 0.491 e. The number of aliphatic hydroxyl groups is 1. The van der Waals surface area contributed by atoms with Crippen LogP contribution >= 0.6 is 0 Å². The van der Waals surface area contributed by atoms with Crippen LogP contribution in [0.1, 0.15) is 43.2 Å². The zero-order valence-corrected chi connectivity index (χ0v) is 23.5. The average molecular weight is 654 g/mol. The van der Waals surface area contributed by atoms with Crippen LogP contribution in [0.15, 0.2) is 47.4 Å². The molecule has 3 aliphatic rings. The number of rotatable bonds is 5. The molecule has 2 fully saturated rings. The Morgan fingerprint density at radius 1 is 0.909 bits per heavy atom. The van der Waals surface area contributed by atoms with Crippen molar-refractivity contribution in [3.8, 4) is 5.75 Å². The van der Waals surface area contributed by atoms with Crippen molar-refractivity contribution in [3.63, 3.8) is 0 Å². The van der Waals surface area contributed by atoms with E-state index in [1.807, 2.05) is 0 Å². The second-order valence-corrected chi connectivity index (χ2v) is 13.5. The van der Waals surface area contributed by atoms with Crippen LogP contribution in [-0.2, 0) is 29.8 Å². The zero-order valence-electron chi connectivity index (χ0n) is 22.7. The normalized spacial score (nSPS) is 26.0. The fraction of sp³-hybridized carbons (Fsp3) is 0.500. The van der Waals surface area contributed by atoms with Crippen molar-refractivity contribution in [1.29, 1.82) is 0 Å². The van der Waals surface area contributed by atoms with Crippen molar-refractivity contribution >= 4 is 21.7 Å². The van der Waals surface area contributed by atoms with Gasteiger partial charge in [0.2, 0.25) is 5.91 Å². The van der Waals surface area contributed by atoms with E-state index < -0.39 is 90.9 Å². The molecule has 2 atom stereocenters. The van der Waals surface area contributed by atoms with Gasteiger partial charge in [0.05, 0.1) is 16.9 Å². The van der Waals surface area contributed by atoms with Gasteiger partial charge in [-0.2, -0.15) is 26.3 Å². The molecule has 0 aromatic heterocycles. The smallest absolute Gasteiger partial charge is 0.430 e. The van der Waals surface area contributed by atoms with Crippen LogP contribution in [0.2, 0.25) is 0 Å². The van der Waals surface area contributed by atoms with Gasteiger partial charge in [0, 0.05) is 23.6 Å². The van der Waals surface area contributed by atoms with Gasteiger partial charge in [0.15, 0.2) is 9.84 Å². The number of halogens is 7. The van der Waals surface area contributed by atoms with Gasteiger partial charge in [-0.05, 0) is 62.4 Å². The highest BCUT2D eigenvalue weighted by Gasteiger charge is 2.72. The van der Waals surface area contributed by atoms with Crippen molar-refractivity contribution < 1.29 is 63.7 Å². The molecule has 2 aliphatic heterocycles. The molecular weight excluding hydrogens is 627 g/mol. The minimum atomic E-state index is -6.20. The number of aliphatic carboxylic acids is 1. The summed E-state index contributed by atoms with van der Waals surface area (Å²) in [6.45, 7) is -0.814. The number of sulfone groups is 1. The van der Waals surface area contributed by atoms with Gasteiger partial charge in [-0.1, -0.05) is 12.1 Å². The van der Waals surface area contributed by atoms with E-state index in [-0.39, 0.29) is 44.2 Å². The number of likely N-dealkylation sites (tertiary alicyclic amines) is 1. The van der Waals surface area contributed by atoms with Gasteiger partial charge < -0.3 is 19.8 Å². The molecule has 1 saturated heterocycles. The Hall–Kier alpha value is -3.40. The number of benzene rings is 2. The Bertz CT molecular complexity index is 1550. The number of alkyl halides is 6. The summed E-state index contributed by atoms with van der Waals surface area (Å²) >= 11 is 0. The lowest BCUT2D eigenvalue weighted by atomic mass is 9.81. The van der Waals surface area contributed by atoms with Crippen LogP contribution in [0.3, 0.4) is 0 Å². The zero-order chi connectivity index (χ0) is 32.5. The van der Waals surface area contributed by atoms with Gasteiger partial charge >= 0.3 is 18.3 Å². The SMILES string of the molecule is O=C(O)C1CCC(C(=O)N2CCC3(S(=O)(=O)c4ccc(F)cc4)c4ccc(C(O)(C(F)(F)F)C(F)(F)F)cc4OCC23)CC1. The Kier molecular flexibility index (Phi) is 7.71. The molecular formula is C28H26F7NO7S. The third kappa shape index (κ3) is 4.71. The maximum atomic E-state index is 14.3. The number of carbonyl (C=O) groups excluding carboxylic acids is 1. The number of amides is 1. The lowest BCUT2D eigenvalue weighted by Crippen LogP contribution is -2.56. The molecule has 0 radical (unpaired) electrons. The number of carbonyl (C=O) groups is 2. The topological polar surface area (TPSA) is 121 Å². The summed E-state index contributed by atoms with van der Waals surface area (Å²) in [6, 6.07) is 3.71. The Labute approximate surface area is 246 Å². The molecule has 0 spiro atoms. The van der Waals surface area contributed by atoms with Crippen LogP contribution in [0.5, 0.6) is 5.75 Å². The number of carboxylic acids is 1. The molecule has 16 heteroatoms. The Balaban J connectivity index is 1.62. The van der Waals surface area contributed by atoms with E-state index in [0.717, 1.165) is 24.3 Å². The van der Waals surface area contributed by atoms with E-state index in [0.29, 0.717) is 18.2 Å². The van der Waals surface area contributed by atoms with Crippen molar-refractivity contribution in [3.05, 3.63) is 59.4 Å². The molecule has 0 bridgehead atoms. The van der Waals surface area contributed by atoms with E-state index in [1.165, 1.54) is 4.90 Å². The van der Waals surface area contributed by atoms with E-state index in [1.54, 1.807) is 0 Å². The van der Waals surface area contributed by atoms with Gasteiger partial charge in [-0.3, -0.25) is 9.59 Å². The van der Waals surface area contributed by atoms with Crippen LogP contribution in [0, 0.1) is 17.7 Å². The molecule has 2 N–H and O–H groups in total. The van der Waals surface area contributed by atoms with Crippen LogP contribution in [-0.4, -0.2) is 67.0 Å². The molecule has 1 saturated carbocycles.